The summed E-state index contributed by atoms with van der Waals surface area (Å²) in [6.45, 7) is 6.85. The molecule has 1 aromatic carbocycles. The summed E-state index contributed by atoms with van der Waals surface area (Å²) in [6, 6.07) is 3.04. The normalized spacial score (nSPS) is 11.0. The van der Waals surface area contributed by atoms with Gasteiger partial charge in [0.2, 0.25) is 0 Å². The molecule has 1 rings (SSSR count). The van der Waals surface area contributed by atoms with E-state index in [1.807, 2.05) is 13.8 Å². The van der Waals surface area contributed by atoms with Crippen LogP contribution in [-0.4, -0.2) is 26.1 Å². The van der Waals surface area contributed by atoms with E-state index in [0.29, 0.717) is 29.0 Å². The van der Waals surface area contributed by atoms with Crippen LogP contribution in [0.25, 0.3) is 0 Å². The molecule has 0 aromatic heterocycles. The maximum atomic E-state index is 13.3. The van der Waals surface area contributed by atoms with Crippen molar-refractivity contribution in [2.24, 2.45) is 0 Å². The van der Waals surface area contributed by atoms with Crippen LogP contribution in [0.15, 0.2) is 16.6 Å². The van der Waals surface area contributed by atoms with Crippen molar-refractivity contribution in [3.63, 3.8) is 0 Å². The minimum absolute atomic E-state index is 0.264. The molecule has 3 nitrogen and oxygen atoms in total. The number of hydrogen-bond donors (Lipinski definition) is 0. The van der Waals surface area contributed by atoms with Crippen LogP contribution < -0.4 is 4.74 Å². The lowest BCUT2D eigenvalue weighted by molar-refractivity contribution is -0.152. The highest BCUT2D eigenvalue weighted by molar-refractivity contribution is 9.10. The molecule has 0 aliphatic heterocycles. The van der Waals surface area contributed by atoms with Gasteiger partial charge in [-0.25, -0.2) is 4.39 Å². The van der Waals surface area contributed by atoms with Gasteiger partial charge >= 0.3 is 0 Å². The van der Waals surface area contributed by atoms with Gasteiger partial charge in [0, 0.05) is 13.2 Å². The van der Waals surface area contributed by atoms with Crippen LogP contribution >= 0.6 is 15.9 Å². The fourth-order valence-electron chi connectivity index (χ4n) is 1.42. The molecule has 0 unspecified atom stereocenters. The fraction of sp³-hybridized carbons (Fsp3) is 0.538. The Balaban J connectivity index is 2.64. The van der Waals surface area contributed by atoms with Crippen LogP contribution in [0.4, 0.5) is 4.39 Å². The van der Waals surface area contributed by atoms with Crippen molar-refractivity contribution in [1.29, 1.82) is 0 Å². The van der Waals surface area contributed by atoms with Crippen LogP contribution in [0.1, 0.15) is 19.4 Å². The first-order chi connectivity index (χ1) is 8.58. The summed E-state index contributed by atoms with van der Waals surface area (Å²) >= 11 is 3.26. The SMILES string of the molecule is CCOC(COc1cc(C)c(F)cc1Br)OCC. The molecule has 0 radical (unpaired) electrons. The molecule has 102 valence electrons. The van der Waals surface area contributed by atoms with E-state index in [0.717, 1.165) is 0 Å². The molecule has 0 spiro atoms. The highest BCUT2D eigenvalue weighted by Crippen LogP contribution is 2.28. The lowest BCUT2D eigenvalue weighted by atomic mass is 10.2. The predicted molar refractivity (Wildman–Crippen MR) is 71.4 cm³/mol. The van der Waals surface area contributed by atoms with Crippen LogP contribution in [-0.2, 0) is 9.47 Å². The van der Waals surface area contributed by atoms with E-state index in [2.05, 4.69) is 15.9 Å². The minimum Gasteiger partial charge on any atom is -0.487 e. The van der Waals surface area contributed by atoms with Gasteiger partial charge in [0.05, 0.1) is 4.47 Å². The van der Waals surface area contributed by atoms with Crippen molar-refractivity contribution >= 4 is 15.9 Å². The van der Waals surface area contributed by atoms with E-state index in [9.17, 15) is 4.39 Å². The van der Waals surface area contributed by atoms with E-state index >= 15 is 0 Å². The molecule has 0 aliphatic carbocycles. The Morgan fingerprint density at radius 2 is 1.83 bits per heavy atom. The molecule has 0 heterocycles. The smallest absolute Gasteiger partial charge is 0.191 e. The molecule has 0 fully saturated rings. The van der Waals surface area contributed by atoms with E-state index in [1.165, 1.54) is 6.07 Å². The Kier molecular flexibility index (Phi) is 6.60. The molecular formula is C13H18BrFO3. The topological polar surface area (TPSA) is 27.7 Å². The fourth-order valence-corrected chi connectivity index (χ4v) is 1.85. The lowest BCUT2D eigenvalue weighted by Crippen LogP contribution is -2.25. The molecule has 18 heavy (non-hydrogen) atoms. The molecule has 0 saturated carbocycles. The number of benzene rings is 1. The first kappa shape index (κ1) is 15.4. The summed E-state index contributed by atoms with van der Waals surface area (Å²) in [7, 11) is 0. The molecular weight excluding hydrogens is 303 g/mol. The maximum Gasteiger partial charge on any atom is 0.191 e. The minimum atomic E-state index is -0.405. The van der Waals surface area contributed by atoms with Crippen molar-refractivity contribution in [3.8, 4) is 5.75 Å². The Morgan fingerprint density at radius 3 is 2.39 bits per heavy atom. The van der Waals surface area contributed by atoms with Gasteiger partial charge in [-0.05, 0) is 54.4 Å². The Hall–Kier alpha value is -0.650. The zero-order chi connectivity index (χ0) is 13.5. The third-order valence-electron chi connectivity index (χ3n) is 2.29. The Bertz CT molecular complexity index is 379. The molecule has 5 heteroatoms. The van der Waals surface area contributed by atoms with Crippen LogP contribution in [0.5, 0.6) is 5.75 Å². The molecule has 0 aliphatic rings. The molecule has 0 bridgehead atoms. The zero-order valence-electron chi connectivity index (χ0n) is 10.8. The van der Waals surface area contributed by atoms with Crippen molar-refractivity contribution in [2.75, 3.05) is 19.8 Å². The first-order valence-corrected chi connectivity index (χ1v) is 6.69. The number of hydrogen-bond acceptors (Lipinski definition) is 3. The predicted octanol–water partition coefficient (Wildman–Crippen LogP) is 3.67. The monoisotopic (exact) mass is 320 g/mol. The third kappa shape index (κ3) is 4.55. The van der Waals surface area contributed by atoms with E-state index in [1.54, 1.807) is 13.0 Å². The molecule has 0 saturated heterocycles. The van der Waals surface area contributed by atoms with Crippen LogP contribution in [0.3, 0.4) is 0 Å². The van der Waals surface area contributed by atoms with Gasteiger partial charge in [-0.1, -0.05) is 0 Å². The number of ether oxygens (including phenoxy) is 3. The average molecular weight is 321 g/mol. The average Bonchev–Trinajstić information content (AvgIpc) is 2.32. The highest BCUT2D eigenvalue weighted by Gasteiger charge is 2.11. The van der Waals surface area contributed by atoms with E-state index in [4.69, 9.17) is 14.2 Å². The summed E-state index contributed by atoms with van der Waals surface area (Å²) < 4.78 is 30.1. The molecule has 0 atom stereocenters. The summed E-state index contributed by atoms with van der Waals surface area (Å²) in [5.41, 5.74) is 0.539. The van der Waals surface area contributed by atoms with Gasteiger partial charge < -0.3 is 14.2 Å². The second-order valence-electron chi connectivity index (χ2n) is 3.68. The number of halogens is 2. The molecule has 1 aromatic rings. The molecule has 0 amide bonds. The second-order valence-corrected chi connectivity index (χ2v) is 4.54. The van der Waals surface area contributed by atoms with Gasteiger partial charge in [-0.3, -0.25) is 0 Å². The van der Waals surface area contributed by atoms with Crippen molar-refractivity contribution < 1.29 is 18.6 Å². The second kappa shape index (κ2) is 7.71. The van der Waals surface area contributed by atoms with Crippen LogP contribution in [0, 0.1) is 12.7 Å². The number of aryl methyl sites for hydroxylation is 1. The van der Waals surface area contributed by atoms with Gasteiger partial charge in [0.15, 0.2) is 6.29 Å². The molecule has 0 N–H and O–H groups in total. The van der Waals surface area contributed by atoms with Gasteiger partial charge in [-0.15, -0.1) is 0 Å². The Morgan fingerprint density at radius 1 is 1.22 bits per heavy atom. The van der Waals surface area contributed by atoms with Crippen molar-refractivity contribution in [1.82, 2.24) is 0 Å². The van der Waals surface area contributed by atoms with Crippen LogP contribution in [0.2, 0.25) is 0 Å². The van der Waals surface area contributed by atoms with Gasteiger partial charge in [-0.2, -0.15) is 0 Å². The van der Waals surface area contributed by atoms with Crippen molar-refractivity contribution in [3.05, 3.63) is 28.0 Å². The standard InChI is InChI=1S/C13H18BrFO3/c1-4-16-13(17-5-2)8-18-12-6-9(3)11(15)7-10(12)14/h6-7,13H,4-5,8H2,1-3H3. The van der Waals surface area contributed by atoms with Gasteiger partial charge in [0.25, 0.3) is 0 Å². The third-order valence-corrected chi connectivity index (χ3v) is 2.91. The first-order valence-electron chi connectivity index (χ1n) is 5.90. The summed E-state index contributed by atoms with van der Waals surface area (Å²) in [6.07, 6.45) is -0.405. The Labute approximate surface area is 115 Å². The quantitative estimate of drug-likeness (QED) is 0.717. The number of rotatable bonds is 7. The van der Waals surface area contributed by atoms with E-state index < -0.39 is 6.29 Å². The van der Waals surface area contributed by atoms with Gasteiger partial charge in [0.1, 0.15) is 18.2 Å². The van der Waals surface area contributed by atoms with E-state index in [-0.39, 0.29) is 12.4 Å². The summed E-state index contributed by atoms with van der Waals surface area (Å²) in [5.74, 6) is 0.318. The van der Waals surface area contributed by atoms with Crippen molar-refractivity contribution in [2.45, 2.75) is 27.1 Å². The summed E-state index contributed by atoms with van der Waals surface area (Å²) in [5, 5.41) is 0. The lowest BCUT2D eigenvalue weighted by Gasteiger charge is -2.18. The largest absolute Gasteiger partial charge is 0.487 e. The summed E-state index contributed by atoms with van der Waals surface area (Å²) in [4.78, 5) is 0. The zero-order valence-corrected chi connectivity index (χ0v) is 12.4. The highest BCUT2D eigenvalue weighted by atomic mass is 79.9. The maximum absolute atomic E-state index is 13.3.